The lowest BCUT2D eigenvalue weighted by Gasteiger charge is -2.09. The van der Waals surface area contributed by atoms with Gasteiger partial charge in [-0.2, -0.15) is 9.90 Å². The Balaban J connectivity index is 2.00. The van der Waals surface area contributed by atoms with Crippen LogP contribution in [0.4, 0.5) is 11.5 Å². The van der Waals surface area contributed by atoms with Gasteiger partial charge < -0.3 is 10.6 Å². The van der Waals surface area contributed by atoms with Crippen LogP contribution in [-0.4, -0.2) is 26.8 Å². The maximum absolute atomic E-state index is 11.9. The molecule has 0 saturated heterocycles. The van der Waals surface area contributed by atoms with Crippen LogP contribution in [0.15, 0.2) is 24.4 Å². The highest BCUT2D eigenvalue weighted by Gasteiger charge is 2.09. The summed E-state index contributed by atoms with van der Waals surface area (Å²) in [6, 6.07) is 5.27. The second-order valence-corrected chi connectivity index (χ2v) is 4.81. The SMILES string of the molecule is CC(=O)Nc1cnn(CC(=O)Nc2cccc(Cl)c2C)n1. The van der Waals surface area contributed by atoms with Crippen molar-refractivity contribution in [2.75, 3.05) is 10.6 Å². The average molecular weight is 308 g/mol. The zero-order valence-electron chi connectivity index (χ0n) is 11.6. The van der Waals surface area contributed by atoms with Crippen molar-refractivity contribution >= 4 is 34.9 Å². The first-order valence-electron chi connectivity index (χ1n) is 6.18. The third-order valence-corrected chi connectivity index (χ3v) is 3.08. The molecule has 1 aromatic carbocycles. The Kier molecular flexibility index (Phi) is 4.54. The van der Waals surface area contributed by atoms with E-state index in [1.54, 1.807) is 18.2 Å². The van der Waals surface area contributed by atoms with Gasteiger partial charge in [-0.15, -0.1) is 5.10 Å². The summed E-state index contributed by atoms with van der Waals surface area (Å²) in [4.78, 5) is 24.0. The maximum atomic E-state index is 11.9. The van der Waals surface area contributed by atoms with Crippen LogP contribution < -0.4 is 10.6 Å². The molecule has 0 fully saturated rings. The molecule has 110 valence electrons. The molecule has 2 N–H and O–H groups in total. The molecule has 2 rings (SSSR count). The van der Waals surface area contributed by atoms with Gasteiger partial charge in [0.1, 0.15) is 6.54 Å². The number of carbonyl (C=O) groups excluding carboxylic acids is 2. The lowest BCUT2D eigenvalue weighted by molar-refractivity contribution is -0.117. The van der Waals surface area contributed by atoms with E-state index in [1.165, 1.54) is 17.9 Å². The minimum absolute atomic E-state index is 0.0640. The van der Waals surface area contributed by atoms with Gasteiger partial charge in [0.15, 0.2) is 5.82 Å². The molecule has 0 spiro atoms. The van der Waals surface area contributed by atoms with Crippen LogP contribution in [-0.2, 0) is 16.1 Å². The number of aromatic nitrogens is 3. The number of nitrogens with one attached hydrogen (secondary N) is 2. The molecule has 0 atom stereocenters. The van der Waals surface area contributed by atoms with Crippen LogP contribution in [0.25, 0.3) is 0 Å². The Bertz CT molecular complexity index is 683. The van der Waals surface area contributed by atoms with Gasteiger partial charge in [-0.05, 0) is 24.6 Å². The predicted molar refractivity (Wildman–Crippen MR) is 79.1 cm³/mol. The normalized spacial score (nSPS) is 10.2. The monoisotopic (exact) mass is 307 g/mol. The largest absolute Gasteiger partial charge is 0.324 e. The number of halogens is 1. The Morgan fingerprint density at radius 1 is 1.33 bits per heavy atom. The summed E-state index contributed by atoms with van der Waals surface area (Å²) in [7, 11) is 0. The number of nitrogens with zero attached hydrogens (tertiary/aromatic N) is 3. The van der Waals surface area contributed by atoms with E-state index in [-0.39, 0.29) is 18.4 Å². The summed E-state index contributed by atoms with van der Waals surface area (Å²) in [5, 5.41) is 13.7. The predicted octanol–water partition coefficient (Wildman–Crippen LogP) is 1.84. The third-order valence-electron chi connectivity index (χ3n) is 2.67. The first-order valence-corrected chi connectivity index (χ1v) is 6.56. The summed E-state index contributed by atoms with van der Waals surface area (Å²) < 4.78 is 0. The van der Waals surface area contributed by atoms with Crippen LogP contribution in [0, 0.1) is 6.92 Å². The standard InChI is InChI=1S/C13H14ClN5O2/c1-8-10(14)4-3-5-11(8)17-13(21)7-19-15-6-12(18-19)16-9(2)20/h3-6H,7H2,1-2H3,(H,17,21)(H,16,18,20). The molecule has 0 bridgehead atoms. The van der Waals surface area contributed by atoms with Crippen LogP contribution >= 0.6 is 11.6 Å². The van der Waals surface area contributed by atoms with Crippen molar-refractivity contribution in [3.63, 3.8) is 0 Å². The van der Waals surface area contributed by atoms with Gasteiger partial charge >= 0.3 is 0 Å². The fraction of sp³-hybridized carbons (Fsp3) is 0.231. The molecule has 0 unspecified atom stereocenters. The van der Waals surface area contributed by atoms with Crippen LogP contribution in [0.3, 0.4) is 0 Å². The van der Waals surface area contributed by atoms with Crippen LogP contribution in [0.1, 0.15) is 12.5 Å². The molecule has 21 heavy (non-hydrogen) atoms. The van der Waals surface area contributed by atoms with Gasteiger partial charge in [0, 0.05) is 17.6 Å². The van der Waals surface area contributed by atoms with E-state index in [2.05, 4.69) is 20.8 Å². The second-order valence-electron chi connectivity index (χ2n) is 4.40. The Morgan fingerprint density at radius 2 is 2.10 bits per heavy atom. The molecular weight excluding hydrogens is 294 g/mol. The zero-order valence-corrected chi connectivity index (χ0v) is 12.3. The topological polar surface area (TPSA) is 88.9 Å². The number of carbonyl (C=O) groups is 2. The fourth-order valence-electron chi connectivity index (χ4n) is 1.67. The molecule has 0 aliphatic carbocycles. The van der Waals surface area contributed by atoms with Gasteiger partial charge in [0.05, 0.1) is 6.20 Å². The smallest absolute Gasteiger partial charge is 0.247 e. The summed E-state index contributed by atoms with van der Waals surface area (Å²) in [5.41, 5.74) is 1.43. The van der Waals surface area contributed by atoms with Gasteiger partial charge in [0.2, 0.25) is 11.8 Å². The van der Waals surface area contributed by atoms with E-state index in [4.69, 9.17) is 11.6 Å². The number of hydrogen-bond acceptors (Lipinski definition) is 4. The molecule has 2 amide bonds. The quantitative estimate of drug-likeness (QED) is 0.902. The summed E-state index contributed by atoms with van der Waals surface area (Å²) in [6.07, 6.45) is 1.37. The molecular formula is C13H14ClN5O2. The van der Waals surface area contributed by atoms with E-state index in [1.807, 2.05) is 6.92 Å². The van der Waals surface area contributed by atoms with Gasteiger partial charge in [-0.1, -0.05) is 17.7 Å². The minimum atomic E-state index is -0.287. The number of rotatable bonds is 4. The van der Waals surface area contributed by atoms with E-state index >= 15 is 0 Å². The molecule has 2 aromatic rings. The molecule has 0 aliphatic rings. The molecule has 0 saturated carbocycles. The van der Waals surface area contributed by atoms with E-state index in [0.29, 0.717) is 16.5 Å². The van der Waals surface area contributed by atoms with Crippen LogP contribution in [0.5, 0.6) is 0 Å². The van der Waals surface area contributed by atoms with Crippen LogP contribution in [0.2, 0.25) is 5.02 Å². The minimum Gasteiger partial charge on any atom is -0.324 e. The van der Waals surface area contributed by atoms with Crippen molar-refractivity contribution in [2.45, 2.75) is 20.4 Å². The van der Waals surface area contributed by atoms with Gasteiger partial charge in [-0.3, -0.25) is 9.59 Å². The number of hydrogen-bond donors (Lipinski definition) is 2. The maximum Gasteiger partial charge on any atom is 0.247 e. The number of benzene rings is 1. The Hall–Kier alpha value is -2.41. The summed E-state index contributed by atoms with van der Waals surface area (Å²) in [5.74, 6) is -0.236. The van der Waals surface area contributed by atoms with Crippen molar-refractivity contribution in [1.82, 2.24) is 15.0 Å². The van der Waals surface area contributed by atoms with E-state index in [0.717, 1.165) is 5.56 Å². The molecule has 0 aliphatic heterocycles. The molecule has 8 heteroatoms. The third kappa shape index (κ3) is 4.03. The van der Waals surface area contributed by atoms with E-state index < -0.39 is 0 Å². The lowest BCUT2D eigenvalue weighted by Crippen LogP contribution is -2.21. The number of amides is 2. The highest BCUT2D eigenvalue weighted by Crippen LogP contribution is 2.22. The first kappa shape index (κ1) is 15.0. The van der Waals surface area contributed by atoms with Crippen molar-refractivity contribution in [3.8, 4) is 0 Å². The lowest BCUT2D eigenvalue weighted by atomic mass is 10.2. The van der Waals surface area contributed by atoms with Crippen molar-refractivity contribution in [1.29, 1.82) is 0 Å². The Morgan fingerprint density at radius 3 is 2.81 bits per heavy atom. The zero-order chi connectivity index (χ0) is 15.4. The number of anilines is 2. The molecule has 7 nitrogen and oxygen atoms in total. The average Bonchev–Trinajstić information content (AvgIpc) is 2.81. The second kappa shape index (κ2) is 6.36. The van der Waals surface area contributed by atoms with E-state index in [9.17, 15) is 9.59 Å². The van der Waals surface area contributed by atoms with Gasteiger partial charge in [-0.25, -0.2) is 0 Å². The van der Waals surface area contributed by atoms with Crippen molar-refractivity contribution < 1.29 is 9.59 Å². The molecule has 0 radical (unpaired) electrons. The van der Waals surface area contributed by atoms with Gasteiger partial charge in [0.25, 0.3) is 0 Å². The van der Waals surface area contributed by atoms with Crippen molar-refractivity contribution in [3.05, 3.63) is 35.0 Å². The first-order chi connectivity index (χ1) is 9.95. The summed E-state index contributed by atoms with van der Waals surface area (Å²) in [6.45, 7) is 3.12. The fourth-order valence-corrected chi connectivity index (χ4v) is 1.85. The Labute approximate surface area is 126 Å². The molecule has 1 heterocycles. The van der Waals surface area contributed by atoms with Crippen molar-refractivity contribution in [2.24, 2.45) is 0 Å². The highest BCUT2D eigenvalue weighted by atomic mass is 35.5. The highest BCUT2D eigenvalue weighted by molar-refractivity contribution is 6.31. The molecule has 1 aromatic heterocycles. The summed E-state index contributed by atoms with van der Waals surface area (Å²) >= 11 is 5.99.